The van der Waals surface area contributed by atoms with Gasteiger partial charge >= 0.3 is 0 Å². The maximum absolute atomic E-state index is 11.5. The molecule has 90 valence electrons. The number of carbonyl (C=O) groups is 1. The summed E-state index contributed by atoms with van der Waals surface area (Å²) in [6, 6.07) is 0. The molecular weight excluding hydrogens is 216 g/mol. The van der Waals surface area contributed by atoms with Gasteiger partial charge < -0.3 is 5.32 Å². The Bertz CT molecular complexity index is 317. The third-order valence-electron chi connectivity index (χ3n) is 1.66. The van der Waals surface area contributed by atoms with Crippen LogP contribution in [0.4, 0.5) is 0 Å². The minimum Gasteiger partial charge on any atom is -0.350 e. The molecule has 0 radical (unpaired) electrons. The van der Waals surface area contributed by atoms with E-state index in [1.165, 1.54) is 0 Å². The zero-order chi connectivity index (χ0) is 12.3. The van der Waals surface area contributed by atoms with Gasteiger partial charge in [-0.05, 0) is 20.8 Å². The Balaban J connectivity index is 4.40. The highest BCUT2D eigenvalue weighted by molar-refractivity contribution is 7.88. The quantitative estimate of drug-likeness (QED) is 0.757. The summed E-state index contributed by atoms with van der Waals surface area (Å²) < 4.78 is 23.6. The zero-order valence-electron chi connectivity index (χ0n) is 9.99. The summed E-state index contributed by atoms with van der Waals surface area (Å²) in [6.07, 6.45) is 1.10. The molecule has 0 aromatic heterocycles. The second-order valence-electron chi connectivity index (χ2n) is 4.49. The average Bonchev–Trinajstić information content (AvgIpc) is 1.94. The SMILES string of the molecule is CCN(CC(=O)NC(C)(C)C)S(C)(=O)=O. The Hall–Kier alpha value is -0.620. The second kappa shape index (κ2) is 4.94. The summed E-state index contributed by atoms with van der Waals surface area (Å²) in [6.45, 7) is 7.43. The molecule has 0 aliphatic rings. The Morgan fingerprint density at radius 3 is 2.07 bits per heavy atom. The summed E-state index contributed by atoms with van der Waals surface area (Å²) in [5, 5.41) is 2.71. The summed E-state index contributed by atoms with van der Waals surface area (Å²) >= 11 is 0. The molecule has 1 amide bonds. The summed E-state index contributed by atoms with van der Waals surface area (Å²) in [5.41, 5.74) is -0.339. The lowest BCUT2D eigenvalue weighted by Gasteiger charge is -2.23. The van der Waals surface area contributed by atoms with E-state index >= 15 is 0 Å². The van der Waals surface area contributed by atoms with Crippen LogP contribution in [0.15, 0.2) is 0 Å². The number of carbonyl (C=O) groups excluding carboxylic acids is 1. The molecule has 6 heteroatoms. The molecule has 0 atom stereocenters. The first-order valence-corrected chi connectivity index (χ1v) is 6.67. The maximum Gasteiger partial charge on any atom is 0.235 e. The Morgan fingerprint density at radius 1 is 1.33 bits per heavy atom. The lowest BCUT2D eigenvalue weighted by atomic mass is 10.1. The lowest BCUT2D eigenvalue weighted by molar-refractivity contribution is -0.122. The number of amides is 1. The second-order valence-corrected chi connectivity index (χ2v) is 6.47. The highest BCUT2D eigenvalue weighted by atomic mass is 32.2. The van der Waals surface area contributed by atoms with E-state index in [1.807, 2.05) is 20.8 Å². The molecule has 5 nitrogen and oxygen atoms in total. The highest BCUT2D eigenvalue weighted by Gasteiger charge is 2.20. The van der Waals surface area contributed by atoms with Gasteiger partial charge in [-0.1, -0.05) is 6.92 Å². The van der Waals surface area contributed by atoms with Crippen molar-refractivity contribution in [1.29, 1.82) is 0 Å². The van der Waals surface area contributed by atoms with Crippen molar-refractivity contribution in [2.45, 2.75) is 33.2 Å². The first-order valence-electron chi connectivity index (χ1n) is 4.82. The number of hydrogen-bond acceptors (Lipinski definition) is 3. The summed E-state index contributed by atoms with van der Waals surface area (Å²) in [4.78, 5) is 11.5. The molecule has 0 rings (SSSR count). The smallest absolute Gasteiger partial charge is 0.235 e. The number of nitrogens with zero attached hydrogens (tertiary/aromatic N) is 1. The minimum atomic E-state index is -3.29. The maximum atomic E-state index is 11.5. The monoisotopic (exact) mass is 236 g/mol. The molecule has 0 saturated carbocycles. The van der Waals surface area contributed by atoms with Crippen molar-refractivity contribution in [3.8, 4) is 0 Å². The predicted molar refractivity (Wildman–Crippen MR) is 60.0 cm³/mol. The van der Waals surface area contributed by atoms with Crippen molar-refractivity contribution in [2.75, 3.05) is 19.3 Å². The van der Waals surface area contributed by atoms with Crippen LogP contribution in [0.25, 0.3) is 0 Å². The van der Waals surface area contributed by atoms with Gasteiger partial charge in [-0.15, -0.1) is 0 Å². The van der Waals surface area contributed by atoms with E-state index in [4.69, 9.17) is 0 Å². The van der Waals surface area contributed by atoms with Crippen LogP contribution < -0.4 is 5.32 Å². The van der Waals surface area contributed by atoms with Gasteiger partial charge in [0.25, 0.3) is 0 Å². The van der Waals surface area contributed by atoms with E-state index in [2.05, 4.69) is 5.32 Å². The first kappa shape index (κ1) is 14.4. The molecule has 0 fully saturated rings. The molecule has 0 aromatic rings. The number of nitrogens with one attached hydrogen (secondary N) is 1. The fourth-order valence-electron chi connectivity index (χ4n) is 1.08. The van der Waals surface area contributed by atoms with Crippen LogP contribution in [-0.2, 0) is 14.8 Å². The molecule has 0 spiro atoms. The molecule has 0 aromatic carbocycles. The van der Waals surface area contributed by atoms with Gasteiger partial charge in [0.2, 0.25) is 15.9 Å². The normalized spacial score (nSPS) is 12.9. The molecule has 0 heterocycles. The van der Waals surface area contributed by atoms with Gasteiger partial charge in [0.15, 0.2) is 0 Å². The molecule has 0 aliphatic heterocycles. The van der Waals surface area contributed by atoms with Crippen molar-refractivity contribution in [3.63, 3.8) is 0 Å². The number of rotatable bonds is 4. The minimum absolute atomic E-state index is 0.118. The van der Waals surface area contributed by atoms with Crippen molar-refractivity contribution < 1.29 is 13.2 Å². The van der Waals surface area contributed by atoms with E-state index in [0.717, 1.165) is 10.6 Å². The Labute approximate surface area is 91.9 Å². The van der Waals surface area contributed by atoms with Crippen LogP contribution in [-0.4, -0.2) is 43.5 Å². The van der Waals surface area contributed by atoms with E-state index in [1.54, 1.807) is 6.92 Å². The van der Waals surface area contributed by atoms with Gasteiger partial charge in [-0.2, -0.15) is 4.31 Å². The first-order chi connectivity index (χ1) is 6.56. The van der Waals surface area contributed by atoms with Crippen LogP contribution >= 0.6 is 0 Å². The van der Waals surface area contributed by atoms with Crippen LogP contribution in [0.2, 0.25) is 0 Å². The lowest BCUT2D eigenvalue weighted by Crippen LogP contribution is -2.47. The third-order valence-corrected chi connectivity index (χ3v) is 2.98. The number of sulfonamides is 1. The molecule has 0 saturated heterocycles. The van der Waals surface area contributed by atoms with Gasteiger partial charge in [-0.25, -0.2) is 8.42 Å². The van der Waals surface area contributed by atoms with Crippen molar-refractivity contribution in [1.82, 2.24) is 9.62 Å². The fourth-order valence-corrected chi connectivity index (χ4v) is 1.90. The Morgan fingerprint density at radius 2 is 1.80 bits per heavy atom. The van der Waals surface area contributed by atoms with Crippen molar-refractivity contribution in [3.05, 3.63) is 0 Å². The van der Waals surface area contributed by atoms with Crippen molar-refractivity contribution in [2.24, 2.45) is 0 Å². The molecule has 0 unspecified atom stereocenters. The third kappa shape index (κ3) is 6.46. The van der Waals surface area contributed by atoms with Gasteiger partial charge in [0, 0.05) is 12.1 Å². The van der Waals surface area contributed by atoms with Gasteiger partial charge in [0.05, 0.1) is 12.8 Å². The molecule has 15 heavy (non-hydrogen) atoms. The van der Waals surface area contributed by atoms with Crippen LogP contribution in [0, 0.1) is 0 Å². The number of hydrogen-bond donors (Lipinski definition) is 1. The highest BCUT2D eigenvalue weighted by Crippen LogP contribution is 2.01. The summed E-state index contributed by atoms with van der Waals surface area (Å²) in [5.74, 6) is -0.283. The molecular formula is C9H20N2O3S. The zero-order valence-corrected chi connectivity index (χ0v) is 10.8. The van der Waals surface area contributed by atoms with E-state index in [9.17, 15) is 13.2 Å². The van der Waals surface area contributed by atoms with Crippen LogP contribution in [0.1, 0.15) is 27.7 Å². The van der Waals surface area contributed by atoms with E-state index < -0.39 is 10.0 Å². The van der Waals surface area contributed by atoms with Crippen LogP contribution in [0.5, 0.6) is 0 Å². The fraction of sp³-hybridized carbons (Fsp3) is 0.889. The van der Waals surface area contributed by atoms with Gasteiger partial charge in [0.1, 0.15) is 0 Å². The van der Waals surface area contributed by atoms with E-state index in [0.29, 0.717) is 6.54 Å². The van der Waals surface area contributed by atoms with E-state index in [-0.39, 0.29) is 18.0 Å². The van der Waals surface area contributed by atoms with Gasteiger partial charge in [-0.3, -0.25) is 4.79 Å². The standard InChI is InChI=1S/C9H20N2O3S/c1-6-11(15(5,13)14)7-8(12)10-9(2,3)4/h6-7H2,1-5H3,(H,10,12). The molecule has 1 N–H and O–H groups in total. The predicted octanol–water partition coefficient (Wildman–Crippen LogP) is 0.183. The topological polar surface area (TPSA) is 66.5 Å². The average molecular weight is 236 g/mol. The van der Waals surface area contributed by atoms with Crippen molar-refractivity contribution >= 4 is 15.9 Å². The largest absolute Gasteiger partial charge is 0.350 e. The molecule has 0 bridgehead atoms. The summed E-state index contributed by atoms with van der Waals surface area (Å²) in [7, 11) is -3.29. The number of likely N-dealkylation sites (N-methyl/N-ethyl adjacent to an activating group) is 1. The molecule has 0 aliphatic carbocycles. The Kier molecular flexibility index (Phi) is 4.73. The van der Waals surface area contributed by atoms with Crippen LogP contribution in [0.3, 0.4) is 0 Å².